The number of rotatable bonds is 7. The van der Waals surface area contributed by atoms with Gasteiger partial charge < -0.3 is 13.9 Å². The molecule has 0 aliphatic heterocycles. The molecule has 160 valence electrons. The molecule has 0 saturated heterocycles. The molecule has 0 unspecified atom stereocenters. The van der Waals surface area contributed by atoms with E-state index in [-0.39, 0.29) is 11.9 Å². The molecule has 0 fully saturated rings. The van der Waals surface area contributed by atoms with E-state index >= 15 is 0 Å². The Balaban J connectivity index is 1.79. The van der Waals surface area contributed by atoms with Crippen molar-refractivity contribution in [2.75, 3.05) is 13.7 Å². The van der Waals surface area contributed by atoms with Gasteiger partial charge in [0, 0.05) is 7.11 Å². The topological polar surface area (TPSA) is 42.9 Å². The summed E-state index contributed by atoms with van der Waals surface area (Å²) < 4.78 is 24.0. The summed E-state index contributed by atoms with van der Waals surface area (Å²) in [7, 11) is 1.69. The number of ether oxygens (including phenoxy) is 1. The van der Waals surface area contributed by atoms with Gasteiger partial charge in [0.15, 0.2) is 0 Å². The quantitative estimate of drug-likeness (QED) is 0.366. The summed E-state index contributed by atoms with van der Waals surface area (Å²) in [4.78, 5) is 0. The van der Waals surface area contributed by atoms with Gasteiger partial charge in [-0.05, 0) is 64.7 Å². The summed E-state index contributed by atoms with van der Waals surface area (Å²) in [6.45, 7) is 2.98. The first-order valence-corrected chi connectivity index (χ1v) is 11.0. The van der Waals surface area contributed by atoms with Gasteiger partial charge in [-0.15, -0.1) is 0 Å². The summed E-state index contributed by atoms with van der Waals surface area (Å²) in [6.07, 6.45) is 0.756. The predicted molar refractivity (Wildman–Crippen MR) is 125 cm³/mol. The molecule has 0 bridgehead atoms. The highest BCUT2D eigenvalue weighted by molar-refractivity contribution is 9.10. The Morgan fingerprint density at radius 3 is 2.35 bits per heavy atom. The average Bonchev–Trinajstić information content (AvgIpc) is 3.03. The molecule has 6 heteroatoms. The minimum Gasteiger partial charge on any atom is -0.383 e. The van der Waals surface area contributed by atoms with Gasteiger partial charge in [0.05, 0.1) is 34.7 Å². The van der Waals surface area contributed by atoms with Gasteiger partial charge in [-0.1, -0.05) is 48.0 Å². The average molecular weight is 482 g/mol. The Bertz CT molecular complexity index is 1260. The van der Waals surface area contributed by atoms with Crippen molar-refractivity contribution in [1.82, 2.24) is 9.13 Å². The summed E-state index contributed by atoms with van der Waals surface area (Å²) in [5.74, 6) is -0.301. The SMILES string of the molecule is COC[C@H](Cc1ccc(C)cc1)n1c(=N)n(Cc2ccc(Br)c(F)c2)c2ccccc21. The zero-order chi connectivity index (χ0) is 22.0. The summed E-state index contributed by atoms with van der Waals surface area (Å²) in [6, 6.07) is 21.5. The van der Waals surface area contributed by atoms with Gasteiger partial charge in [0.1, 0.15) is 5.82 Å². The molecule has 4 nitrogen and oxygen atoms in total. The van der Waals surface area contributed by atoms with Crippen LogP contribution in [0, 0.1) is 18.2 Å². The van der Waals surface area contributed by atoms with Crippen LogP contribution in [0.1, 0.15) is 22.7 Å². The van der Waals surface area contributed by atoms with E-state index in [2.05, 4.69) is 47.1 Å². The lowest BCUT2D eigenvalue weighted by Crippen LogP contribution is -2.31. The minimum absolute atomic E-state index is 0.0342. The van der Waals surface area contributed by atoms with E-state index in [4.69, 9.17) is 10.1 Å². The zero-order valence-electron chi connectivity index (χ0n) is 17.6. The highest BCUT2D eigenvalue weighted by Crippen LogP contribution is 2.23. The molecule has 1 heterocycles. The number of fused-ring (bicyclic) bond motifs is 1. The third kappa shape index (κ3) is 4.50. The maximum atomic E-state index is 14.1. The van der Waals surface area contributed by atoms with Crippen molar-refractivity contribution < 1.29 is 9.13 Å². The van der Waals surface area contributed by atoms with Crippen LogP contribution in [0.4, 0.5) is 4.39 Å². The number of aromatic nitrogens is 2. The molecule has 0 spiro atoms. The third-order valence-corrected chi connectivity index (χ3v) is 6.20. The number of methoxy groups -OCH3 is 1. The van der Waals surface area contributed by atoms with E-state index in [0.29, 0.717) is 23.2 Å². The number of nitrogens with zero attached hydrogens (tertiary/aromatic N) is 2. The van der Waals surface area contributed by atoms with Gasteiger partial charge in [0.25, 0.3) is 0 Å². The van der Waals surface area contributed by atoms with Crippen LogP contribution in [0.3, 0.4) is 0 Å². The Hall–Kier alpha value is -2.70. The minimum atomic E-state index is -0.301. The van der Waals surface area contributed by atoms with Crippen LogP contribution in [0.25, 0.3) is 11.0 Å². The van der Waals surface area contributed by atoms with E-state index in [0.717, 1.165) is 23.0 Å². The van der Waals surface area contributed by atoms with Crippen LogP contribution >= 0.6 is 15.9 Å². The first kappa shape index (κ1) is 21.5. The molecule has 1 aromatic heterocycles. The summed E-state index contributed by atoms with van der Waals surface area (Å²) in [5.41, 5.74) is 5.52. The first-order valence-electron chi connectivity index (χ1n) is 10.2. The van der Waals surface area contributed by atoms with Crippen molar-refractivity contribution in [2.24, 2.45) is 0 Å². The van der Waals surface area contributed by atoms with Crippen molar-refractivity contribution in [1.29, 1.82) is 5.41 Å². The molecule has 4 aromatic rings. The van der Waals surface area contributed by atoms with Crippen LogP contribution in [0.2, 0.25) is 0 Å². The lowest BCUT2D eigenvalue weighted by Gasteiger charge is -2.19. The van der Waals surface area contributed by atoms with Crippen LogP contribution in [-0.4, -0.2) is 22.9 Å². The van der Waals surface area contributed by atoms with Gasteiger partial charge in [-0.2, -0.15) is 0 Å². The number of hydrogen-bond donors (Lipinski definition) is 1. The highest BCUT2D eigenvalue weighted by atomic mass is 79.9. The molecule has 3 aromatic carbocycles. The van der Waals surface area contributed by atoms with Crippen LogP contribution in [-0.2, 0) is 17.7 Å². The standard InChI is InChI=1S/C25H25BrFN3O/c1-17-7-9-18(10-8-17)13-20(16-31-2)30-24-6-4-3-5-23(24)29(25(30)28)15-19-11-12-21(26)22(27)14-19/h3-12,14,20,28H,13,15-16H2,1-2H3/t20-/m0/s1. The number of benzene rings is 3. The largest absolute Gasteiger partial charge is 0.383 e. The summed E-state index contributed by atoms with van der Waals surface area (Å²) >= 11 is 3.21. The Morgan fingerprint density at radius 2 is 1.68 bits per heavy atom. The number of imidazole rings is 1. The summed E-state index contributed by atoms with van der Waals surface area (Å²) in [5, 5.41) is 9.00. The fourth-order valence-electron chi connectivity index (χ4n) is 4.02. The molecule has 4 rings (SSSR count). The van der Waals surface area contributed by atoms with Crippen LogP contribution < -0.4 is 5.62 Å². The Morgan fingerprint density at radius 1 is 1.00 bits per heavy atom. The Kier molecular flexibility index (Phi) is 6.39. The second-order valence-electron chi connectivity index (χ2n) is 7.82. The molecular formula is C25H25BrFN3O. The monoisotopic (exact) mass is 481 g/mol. The number of nitrogens with one attached hydrogen (secondary N) is 1. The van der Waals surface area contributed by atoms with E-state index in [9.17, 15) is 4.39 Å². The lowest BCUT2D eigenvalue weighted by molar-refractivity contribution is 0.154. The highest BCUT2D eigenvalue weighted by Gasteiger charge is 2.19. The van der Waals surface area contributed by atoms with Crippen molar-refractivity contribution in [2.45, 2.75) is 25.9 Å². The predicted octanol–water partition coefficient (Wildman–Crippen LogP) is 5.61. The van der Waals surface area contributed by atoms with E-state index in [1.54, 1.807) is 13.2 Å². The molecular weight excluding hydrogens is 457 g/mol. The Labute approximate surface area is 189 Å². The molecule has 0 aliphatic carbocycles. The van der Waals surface area contributed by atoms with E-state index in [1.807, 2.05) is 39.5 Å². The maximum Gasteiger partial charge on any atom is 0.203 e. The molecule has 31 heavy (non-hydrogen) atoms. The fraction of sp³-hybridized carbons (Fsp3) is 0.240. The fourth-order valence-corrected chi connectivity index (χ4v) is 4.26. The van der Waals surface area contributed by atoms with Crippen molar-refractivity contribution in [3.8, 4) is 0 Å². The number of halogens is 2. The van der Waals surface area contributed by atoms with Crippen molar-refractivity contribution >= 4 is 27.0 Å². The van der Waals surface area contributed by atoms with Crippen molar-refractivity contribution in [3.63, 3.8) is 0 Å². The lowest BCUT2D eigenvalue weighted by atomic mass is 10.0. The van der Waals surface area contributed by atoms with Gasteiger partial charge >= 0.3 is 0 Å². The maximum absolute atomic E-state index is 14.1. The van der Waals surface area contributed by atoms with E-state index < -0.39 is 0 Å². The van der Waals surface area contributed by atoms with Crippen LogP contribution in [0.5, 0.6) is 0 Å². The third-order valence-electron chi connectivity index (χ3n) is 5.56. The number of hydrogen-bond acceptors (Lipinski definition) is 2. The van der Waals surface area contributed by atoms with Crippen molar-refractivity contribution in [3.05, 3.63) is 99.3 Å². The van der Waals surface area contributed by atoms with Gasteiger partial charge in [0.2, 0.25) is 5.62 Å². The van der Waals surface area contributed by atoms with Crippen LogP contribution in [0.15, 0.2) is 71.2 Å². The number of para-hydroxylation sites is 2. The van der Waals surface area contributed by atoms with Gasteiger partial charge in [-0.25, -0.2) is 4.39 Å². The molecule has 0 aliphatic rings. The first-order chi connectivity index (χ1) is 15.0. The zero-order valence-corrected chi connectivity index (χ0v) is 19.2. The van der Waals surface area contributed by atoms with Gasteiger partial charge in [-0.3, -0.25) is 5.41 Å². The molecule has 0 saturated carbocycles. The number of aryl methyl sites for hydroxylation is 1. The molecule has 0 radical (unpaired) electrons. The molecule has 1 N–H and O–H groups in total. The normalized spacial score (nSPS) is 12.4. The molecule has 1 atom stereocenters. The van der Waals surface area contributed by atoms with E-state index in [1.165, 1.54) is 17.2 Å². The smallest absolute Gasteiger partial charge is 0.203 e. The molecule has 0 amide bonds. The second kappa shape index (κ2) is 9.20. The second-order valence-corrected chi connectivity index (χ2v) is 8.67.